The normalized spacial score (nSPS) is 21.8. The molecule has 3 fully saturated rings. The summed E-state index contributed by atoms with van der Waals surface area (Å²) in [6.07, 6.45) is 1.88. The van der Waals surface area contributed by atoms with Crippen molar-refractivity contribution in [3.8, 4) is 0 Å². The van der Waals surface area contributed by atoms with Gasteiger partial charge in [0.05, 0.1) is 10.7 Å². The van der Waals surface area contributed by atoms with Crippen molar-refractivity contribution in [3.05, 3.63) is 35.0 Å². The van der Waals surface area contributed by atoms with Crippen molar-refractivity contribution >= 4 is 40.6 Å². The Morgan fingerprint density at radius 2 is 1.87 bits per heavy atom. The minimum absolute atomic E-state index is 0.00563. The fourth-order valence-corrected chi connectivity index (χ4v) is 5.57. The van der Waals surface area contributed by atoms with Crippen LogP contribution in [0.3, 0.4) is 0 Å². The molecular formula is C26H33ClF3N7O. The second kappa shape index (κ2) is 11.1. The van der Waals surface area contributed by atoms with Gasteiger partial charge in [-0.25, -0.2) is 4.98 Å². The molecule has 2 bridgehead atoms. The fourth-order valence-electron chi connectivity index (χ4n) is 5.35. The van der Waals surface area contributed by atoms with E-state index in [0.29, 0.717) is 35.8 Å². The Morgan fingerprint density at radius 3 is 2.50 bits per heavy atom. The summed E-state index contributed by atoms with van der Waals surface area (Å²) in [5.74, 6) is -0.219. The number of nitrogens with one attached hydrogen (secondary N) is 3. The van der Waals surface area contributed by atoms with Gasteiger partial charge in [-0.05, 0) is 57.4 Å². The van der Waals surface area contributed by atoms with Crippen molar-refractivity contribution < 1.29 is 18.0 Å². The molecule has 0 spiro atoms. The number of piperazine rings is 1. The van der Waals surface area contributed by atoms with Crippen molar-refractivity contribution in [3.63, 3.8) is 0 Å². The lowest BCUT2D eigenvalue weighted by Crippen LogP contribution is -2.52. The van der Waals surface area contributed by atoms with Gasteiger partial charge in [0, 0.05) is 56.1 Å². The van der Waals surface area contributed by atoms with Crippen LogP contribution in [-0.2, 0) is 11.0 Å². The maximum absolute atomic E-state index is 13.6. The average Bonchev–Trinajstić information content (AvgIpc) is 3.03. The van der Waals surface area contributed by atoms with E-state index in [1.54, 1.807) is 6.07 Å². The molecule has 1 amide bonds. The number of amides is 1. The Morgan fingerprint density at radius 1 is 1.13 bits per heavy atom. The third kappa shape index (κ3) is 5.93. The smallest absolute Gasteiger partial charge is 0.369 e. The molecule has 1 aromatic heterocycles. The summed E-state index contributed by atoms with van der Waals surface area (Å²) in [5, 5.41) is 8.99. The summed E-state index contributed by atoms with van der Waals surface area (Å²) < 4.78 is 40.7. The number of halogens is 4. The van der Waals surface area contributed by atoms with E-state index in [1.165, 1.54) is 12.8 Å². The molecule has 206 valence electrons. The molecule has 12 heteroatoms. The number of rotatable bonds is 9. The van der Waals surface area contributed by atoms with E-state index in [-0.39, 0.29) is 30.1 Å². The molecule has 1 aliphatic carbocycles. The highest BCUT2D eigenvalue weighted by Gasteiger charge is 2.38. The van der Waals surface area contributed by atoms with E-state index in [1.807, 2.05) is 12.1 Å². The van der Waals surface area contributed by atoms with E-state index >= 15 is 0 Å². The monoisotopic (exact) mass is 551 g/mol. The van der Waals surface area contributed by atoms with Crippen LogP contribution in [0.25, 0.3) is 0 Å². The minimum Gasteiger partial charge on any atom is -0.369 e. The molecule has 2 saturated heterocycles. The molecule has 2 atom stereocenters. The number of carbonyl (C=O) groups is 1. The first-order valence-corrected chi connectivity index (χ1v) is 13.6. The van der Waals surface area contributed by atoms with Gasteiger partial charge < -0.3 is 20.9 Å². The molecule has 5 rings (SSSR count). The Hall–Kier alpha value is -2.79. The number of hydrogen-bond donors (Lipinski definition) is 3. The largest absolute Gasteiger partial charge is 0.421 e. The van der Waals surface area contributed by atoms with Crippen LogP contribution < -0.4 is 20.9 Å². The molecule has 0 radical (unpaired) electrons. The Balaban J connectivity index is 1.22. The van der Waals surface area contributed by atoms with Gasteiger partial charge in [-0.15, -0.1) is 0 Å². The summed E-state index contributed by atoms with van der Waals surface area (Å²) in [6, 6.07) is 6.71. The SMILES string of the molecule is CN1[C@@H]2CC[C@H]1CN(c1ccc(Nc3ncc(C(F)(F)F)c(NCCCNC(=O)C4CCC4)n3)c(Cl)c1)C2. The molecule has 3 aliphatic rings. The molecule has 2 aliphatic heterocycles. The lowest BCUT2D eigenvalue weighted by Gasteiger charge is -2.40. The third-order valence-corrected chi connectivity index (χ3v) is 8.24. The lowest BCUT2D eigenvalue weighted by molar-refractivity contribution is -0.137. The van der Waals surface area contributed by atoms with Crippen LogP contribution >= 0.6 is 11.6 Å². The molecule has 8 nitrogen and oxygen atoms in total. The van der Waals surface area contributed by atoms with Gasteiger partial charge in [0.25, 0.3) is 0 Å². The number of nitrogens with zero attached hydrogens (tertiary/aromatic N) is 4. The summed E-state index contributed by atoms with van der Waals surface area (Å²) in [4.78, 5) is 24.7. The lowest BCUT2D eigenvalue weighted by atomic mass is 9.85. The van der Waals surface area contributed by atoms with Crippen molar-refractivity contribution in [2.75, 3.05) is 48.8 Å². The average molecular weight is 552 g/mol. The van der Waals surface area contributed by atoms with Gasteiger partial charge in [0.2, 0.25) is 11.9 Å². The molecule has 3 N–H and O–H groups in total. The maximum Gasteiger partial charge on any atom is 0.421 e. The molecule has 38 heavy (non-hydrogen) atoms. The van der Waals surface area contributed by atoms with Crippen molar-refractivity contribution in [1.82, 2.24) is 20.2 Å². The van der Waals surface area contributed by atoms with Crippen LogP contribution in [-0.4, -0.2) is 66.1 Å². The molecule has 1 aromatic carbocycles. The van der Waals surface area contributed by atoms with Crippen molar-refractivity contribution in [2.24, 2.45) is 5.92 Å². The van der Waals surface area contributed by atoms with Gasteiger partial charge >= 0.3 is 6.18 Å². The molecule has 3 heterocycles. The molecule has 1 saturated carbocycles. The van der Waals surface area contributed by atoms with Gasteiger partial charge in [-0.1, -0.05) is 18.0 Å². The highest BCUT2D eigenvalue weighted by Crippen LogP contribution is 2.36. The van der Waals surface area contributed by atoms with E-state index in [9.17, 15) is 18.0 Å². The van der Waals surface area contributed by atoms with E-state index < -0.39 is 11.7 Å². The predicted molar refractivity (Wildman–Crippen MR) is 142 cm³/mol. The number of anilines is 4. The summed E-state index contributed by atoms with van der Waals surface area (Å²) in [6.45, 7) is 2.48. The molecule has 2 aromatic rings. The van der Waals surface area contributed by atoms with Gasteiger partial charge in [0.1, 0.15) is 11.4 Å². The second-order valence-electron chi connectivity index (χ2n) is 10.4. The third-order valence-electron chi connectivity index (χ3n) is 7.93. The van der Waals surface area contributed by atoms with Crippen LogP contribution in [0.15, 0.2) is 24.4 Å². The van der Waals surface area contributed by atoms with E-state index in [2.05, 4.69) is 42.8 Å². The number of aromatic nitrogens is 2. The zero-order chi connectivity index (χ0) is 26.9. The Bertz CT molecular complexity index is 1150. The first kappa shape index (κ1) is 26.8. The number of carbonyl (C=O) groups excluding carboxylic acids is 1. The molecule has 0 unspecified atom stereocenters. The minimum atomic E-state index is -4.61. The van der Waals surface area contributed by atoms with Crippen LogP contribution in [0, 0.1) is 5.92 Å². The van der Waals surface area contributed by atoms with E-state index in [0.717, 1.165) is 44.2 Å². The zero-order valence-electron chi connectivity index (χ0n) is 21.3. The van der Waals surface area contributed by atoms with E-state index in [4.69, 9.17) is 11.6 Å². The summed E-state index contributed by atoms with van der Waals surface area (Å²) in [5.41, 5.74) is 0.579. The van der Waals surface area contributed by atoms with Gasteiger partial charge in [-0.2, -0.15) is 18.2 Å². The van der Waals surface area contributed by atoms with Gasteiger partial charge in [-0.3, -0.25) is 9.69 Å². The number of alkyl halides is 3. The zero-order valence-corrected chi connectivity index (χ0v) is 22.1. The van der Waals surface area contributed by atoms with Gasteiger partial charge in [0.15, 0.2) is 0 Å². The number of likely N-dealkylation sites (N-methyl/N-ethyl adjacent to an activating group) is 1. The summed E-state index contributed by atoms with van der Waals surface area (Å²) in [7, 11) is 2.18. The standard InChI is InChI=1S/C26H33ClF3N7O/c1-36-18-6-7-19(36)15-37(14-18)17-8-9-22(21(27)12-17)34-25-33-13-20(26(28,29)30)23(35-25)31-10-3-11-32-24(38)16-4-2-5-16/h8-9,12-13,16,18-19H,2-7,10-11,14-15H2,1H3,(H,32,38)(H2,31,33,34,35)/t18-,19+. The van der Waals surface area contributed by atoms with Crippen LogP contribution in [0.5, 0.6) is 0 Å². The maximum atomic E-state index is 13.6. The van der Waals surface area contributed by atoms with Crippen LogP contribution in [0.4, 0.5) is 36.3 Å². The Labute approximate surface area is 225 Å². The first-order valence-electron chi connectivity index (χ1n) is 13.2. The fraction of sp³-hybridized carbons (Fsp3) is 0.577. The predicted octanol–water partition coefficient (Wildman–Crippen LogP) is 4.89. The number of benzene rings is 1. The topological polar surface area (TPSA) is 85.4 Å². The quantitative estimate of drug-likeness (QED) is 0.382. The van der Waals surface area contributed by atoms with Crippen molar-refractivity contribution in [1.29, 1.82) is 0 Å². The summed E-state index contributed by atoms with van der Waals surface area (Å²) >= 11 is 6.55. The highest BCUT2D eigenvalue weighted by atomic mass is 35.5. The first-order chi connectivity index (χ1) is 18.2. The molecular weight excluding hydrogens is 519 g/mol. The van der Waals surface area contributed by atoms with Crippen LogP contribution in [0.2, 0.25) is 5.02 Å². The Kier molecular flexibility index (Phi) is 7.85. The highest BCUT2D eigenvalue weighted by molar-refractivity contribution is 6.33. The van der Waals surface area contributed by atoms with Crippen molar-refractivity contribution in [2.45, 2.75) is 56.8 Å². The second-order valence-corrected chi connectivity index (χ2v) is 10.8. The van der Waals surface area contributed by atoms with Crippen LogP contribution in [0.1, 0.15) is 44.1 Å². The number of fused-ring (bicyclic) bond motifs is 2. The number of hydrogen-bond acceptors (Lipinski definition) is 7.